The van der Waals surface area contributed by atoms with Gasteiger partial charge in [0.15, 0.2) is 18.7 Å². The number of aliphatic hydroxyl groups excluding tert-OH is 7. The molecule has 20 unspecified atom stereocenters. The molecule has 0 aromatic heterocycles. The first-order chi connectivity index (χ1) is 36.3. The third-order valence-corrected chi connectivity index (χ3v) is 11.2. The number of rotatable bonds is 26. The number of carbonyl (C=O) groups is 7. The first kappa shape index (κ1) is 68.1. The summed E-state index contributed by atoms with van der Waals surface area (Å²) in [7, 11) is 2.49. The fourth-order valence-electron chi connectivity index (χ4n) is 7.58. The molecule has 0 saturated carbocycles. The van der Waals surface area contributed by atoms with Crippen LogP contribution in [0, 0.1) is 0 Å². The second kappa shape index (κ2) is 34.1. The van der Waals surface area contributed by atoms with E-state index in [4.69, 9.17) is 82.0 Å². The van der Waals surface area contributed by atoms with E-state index in [1.807, 2.05) is 0 Å². The quantitative estimate of drug-likeness (QED) is 0.0218. The average molecular weight is 1120 g/mol. The normalized spacial score (nSPS) is 34.7. The highest BCUT2D eigenvalue weighted by Crippen LogP contribution is 2.33. The van der Waals surface area contributed by atoms with E-state index in [1.54, 1.807) is 0 Å². The maximum atomic E-state index is 11.9. The first-order valence-electron chi connectivity index (χ1n) is 23.0. The molecule has 4 heterocycles. The molecule has 4 saturated heterocycles. The lowest BCUT2D eigenvalue weighted by molar-refractivity contribution is -0.344. The van der Waals surface area contributed by atoms with E-state index in [1.165, 1.54) is 28.1 Å². The van der Waals surface area contributed by atoms with Gasteiger partial charge < -0.3 is 122 Å². The predicted octanol–water partition coefficient (Wildman–Crippen LogP) is -5.75. The summed E-state index contributed by atoms with van der Waals surface area (Å²) in [5.74, 6) is -7.42. The van der Waals surface area contributed by atoms with Crippen molar-refractivity contribution >= 4 is 41.8 Å². The smallest absolute Gasteiger partial charge is 0.338 e. The number of esters is 3. The van der Waals surface area contributed by atoms with E-state index in [9.17, 15) is 69.3 Å². The Bertz CT molecular complexity index is 1900. The molecule has 4 fully saturated rings. The minimum absolute atomic E-state index is 0.316. The fourth-order valence-corrected chi connectivity index (χ4v) is 7.58. The van der Waals surface area contributed by atoms with E-state index in [0.717, 1.165) is 18.2 Å². The lowest BCUT2D eigenvalue weighted by Gasteiger charge is -2.47. The third kappa shape index (κ3) is 21.6. The Hall–Kier alpha value is -5.05. The van der Waals surface area contributed by atoms with Crippen LogP contribution in [0.4, 0.5) is 0 Å². The third-order valence-electron chi connectivity index (χ3n) is 11.2. The van der Waals surface area contributed by atoms with Crippen molar-refractivity contribution in [3.8, 4) is 0 Å². The Morgan fingerprint density at radius 2 is 0.727 bits per heavy atom. The van der Waals surface area contributed by atoms with E-state index < -0.39 is 191 Å². The zero-order valence-electron chi connectivity index (χ0n) is 42.0. The molecule has 4 aliphatic rings. The number of aliphatic hydroxyl groups is 7. The van der Waals surface area contributed by atoms with Gasteiger partial charge in [-0.15, -0.1) is 0 Å². The van der Waals surface area contributed by atoms with Crippen molar-refractivity contribution in [3.63, 3.8) is 0 Å². The zero-order chi connectivity index (χ0) is 58.3. The second-order valence-electron chi connectivity index (χ2n) is 16.8. The van der Waals surface area contributed by atoms with Gasteiger partial charge in [0.1, 0.15) is 118 Å². The van der Waals surface area contributed by atoms with Crippen molar-refractivity contribution in [2.75, 3.05) is 67.1 Å². The number of carbonyl (C=O) groups excluding carboxylic acids is 3. The molecule has 32 heteroatoms. The standard InChI is InChI=1S/C21H32O15.C18H30O14.C6H6O3/c1-4-14(26)35-20-17(29)18(30-3)10(5-31-7-12(22)23)34-21(20)36-19-11(6-32-8-13(24)25)33-9(2)15(27)16(19)28;1-7-12(23)13(24)17(9(30-7)4-29-6-11(21)22)32-18-15(26)14(25)16(27-2)8(31-18)3-28-5-10(19)20;1-3-5(7)9-6(8)4-2/h4,9-11,15-21,27-29H,1,5-8H2,2-3H3,(H,22,23)(H,24,25);7-9,12-18,23-26H,3-6H2,1-2H3,(H,19,20)(H,21,22);3-4H,1-2H2. The molecular weight excluding hydrogens is 1050 g/mol. The van der Waals surface area contributed by atoms with E-state index in [2.05, 4.69) is 24.5 Å². The SMILES string of the molecule is C=CC(=O)OC(=O)C=C.C=CC(=O)OC1C(OC2C(COCC(=O)O)OC(C)C(O)C2O)OC(COCC(=O)O)C(OC)C1O.COC1C(COCC(=O)O)OC(OC2C(COCC(=O)O)OC(C)C(O)C2O)C(O)C1O. The van der Waals surface area contributed by atoms with Crippen LogP contribution in [-0.2, 0) is 99.9 Å². The number of methoxy groups -OCH3 is 2. The highest BCUT2D eigenvalue weighted by molar-refractivity contribution is 5.95. The molecule has 440 valence electrons. The van der Waals surface area contributed by atoms with Crippen molar-refractivity contribution in [3.05, 3.63) is 38.0 Å². The second-order valence-corrected chi connectivity index (χ2v) is 16.8. The molecule has 77 heavy (non-hydrogen) atoms. The molecule has 4 aliphatic heterocycles. The Kier molecular flexibility index (Phi) is 30.1. The van der Waals surface area contributed by atoms with Gasteiger partial charge in [-0.2, -0.15) is 0 Å². The molecule has 0 radical (unpaired) electrons. The predicted molar refractivity (Wildman–Crippen MR) is 245 cm³/mol. The lowest BCUT2D eigenvalue weighted by atomic mass is 9.94. The van der Waals surface area contributed by atoms with Crippen LogP contribution in [0.25, 0.3) is 0 Å². The number of carboxylic acid groups (broad SMARTS) is 4. The number of hydrogen-bond acceptors (Lipinski definition) is 28. The number of aliphatic carboxylic acids is 4. The topological polar surface area (TPSA) is 471 Å². The van der Waals surface area contributed by atoms with Crippen LogP contribution in [-0.4, -0.2) is 287 Å². The van der Waals surface area contributed by atoms with Gasteiger partial charge in [0.05, 0.1) is 38.6 Å². The van der Waals surface area contributed by atoms with Crippen molar-refractivity contribution in [2.45, 2.75) is 136 Å². The van der Waals surface area contributed by atoms with Crippen LogP contribution in [0.2, 0.25) is 0 Å². The van der Waals surface area contributed by atoms with Crippen molar-refractivity contribution in [1.29, 1.82) is 0 Å². The highest BCUT2D eigenvalue weighted by atomic mass is 16.7. The van der Waals surface area contributed by atoms with Gasteiger partial charge in [-0.3, -0.25) is 0 Å². The van der Waals surface area contributed by atoms with E-state index in [0.29, 0.717) is 0 Å². The number of hydrogen-bond donors (Lipinski definition) is 11. The minimum atomic E-state index is -1.65. The summed E-state index contributed by atoms with van der Waals surface area (Å²) < 4.78 is 73.8. The Morgan fingerprint density at radius 3 is 1.06 bits per heavy atom. The number of carboxylic acids is 4. The molecule has 0 spiro atoms. The van der Waals surface area contributed by atoms with Gasteiger partial charge in [-0.05, 0) is 13.8 Å². The van der Waals surface area contributed by atoms with Crippen LogP contribution in [0.3, 0.4) is 0 Å². The van der Waals surface area contributed by atoms with Crippen LogP contribution in [0.5, 0.6) is 0 Å². The minimum Gasteiger partial charge on any atom is -0.480 e. The summed E-state index contributed by atoms with van der Waals surface area (Å²) in [6.45, 7) is 8.46. The summed E-state index contributed by atoms with van der Waals surface area (Å²) in [5.41, 5.74) is 0. The summed E-state index contributed by atoms with van der Waals surface area (Å²) in [6.07, 6.45) is -23.6. The van der Waals surface area contributed by atoms with Crippen LogP contribution in [0.15, 0.2) is 38.0 Å². The van der Waals surface area contributed by atoms with Gasteiger partial charge >= 0.3 is 41.8 Å². The van der Waals surface area contributed by atoms with Crippen LogP contribution in [0.1, 0.15) is 13.8 Å². The lowest BCUT2D eigenvalue weighted by Crippen LogP contribution is -2.65. The number of ether oxygens (including phenoxy) is 14. The summed E-state index contributed by atoms with van der Waals surface area (Å²) in [6, 6.07) is 0. The van der Waals surface area contributed by atoms with Crippen LogP contribution >= 0.6 is 0 Å². The van der Waals surface area contributed by atoms with Gasteiger partial charge in [0.2, 0.25) is 0 Å². The maximum absolute atomic E-state index is 11.9. The Morgan fingerprint density at radius 1 is 0.416 bits per heavy atom. The monoisotopic (exact) mass is 1120 g/mol. The molecule has 0 aliphatic carbocycles. The van der Waals surface area contributed by atoms with Crippen molar-refractivity contribution in [1.82, 2.24) is 0 Å². The fraction of sp³-hybridized carbons (Fsp3) is 0.711. The van der Waals surface area contributed by atoms with Gasteiger partial charge in [0.25, 0.3) is 0 Å². The summed E-state index contributed by atoms with van der Waals surface area (Å²) >= 11 is 0. The van der Waals surface area contributed by atoms with Crippen molar-refractivity contribution < 1.29 is 156 Å². The average Bonchev–Trinajstić information content (AvgIpc) is 3.37. The molecular formula is C45H68O32. The van der Waals surface area contributed by atoms with Crippen molar-refractivity contribution in [2.24, 2.45) is 0 Å². The van der Waals surface area contributed by atoms with Gasteiger partial charge in [-0.25, -0.2) is 33.6 Å². The maximum Gasteiger partial charge on any atom is 0.338 e. The van der Waals surface area contributed by atoms with Gasteiger partial charge in [-0.1, -0.05) is 19.7 Å². The molecule has 11 N–H and O–H groups in total. The van der Waals surface area contributed by atoms with Crippen LogP contribution < -0.4 is 0 Å². The molecule has 4 rings (SSSR count). The Labute approximate surface area is 438 Å². The Balaban J connectivity index is 0.000000456. The summed E-state index contributed by atoms with van der Waals surface area (Å²) in [4.78, 5) is 75.2. The molecule has 0 aromatic rings. The zero-order valence-corrected chi connectivity index (χ0v) is 42.0. The largest absolute Gasteiger partial charge is 0.480 e. The first-order valence-corrected chi connectivity index (χ1v) is 23.0. The van der Waals surface area contributed by atoms with E-state index in [-0.39, 0.29) is 26.4 Å². The summed E-state index contributed by atoms with van der Waals surface area (Å²) in [5, 5.41) is 108. The molecule has 0 amide bonds. The van der Waals surface area contributed by atoms with Gasteiger partial charge in [0, 0.05) is 32.4 Å². The molecule has 0 aromatic carbocycles. The molecule has 32 nitrogen and oxygen atoms in total. The van der Waals surface area contributed by atoms with E-state index >= 15 is 0 Å². The highest BCUT2D eigenvalue weighted by Gasteiger charge is 2.53. The molecule has 0 bridgehead atoms. The molecule has 20 atom stereocenters.